The van der Waals surface area contributed by atoms with Crippen molar-refractivity contribution in [2.75, 3.05) is 5.73 Å². The molecule has 0 fully saturated rings. The summed E-state index contributed by atoms with van der Waals surface area (Å²) in [7, 11) is 0. The number of benzene rings is 1. The Morgan fingerprint density at radius 1 is 1.25 bits per heavy atom. The summed E-state index contributed by atoms with van der Waals surface area (Å²) in [6.45, 7) is 0. The number of ketones is 1. The first kappa shape index (κ1) is 10.6. The van der Waals surface area contributed by atoms with E-state index in [1.165, 1.54) is 0 Å². The van der Waals surface area contributed by atoms with Crippen LogP contribution >= 0.6 is 11.6 Å². The van der Waals surface area contributed by atoms with Crippen LogP contribution in [-0.2, 0) is 0 Å². The summed E-state index contributed by atoms with van der Waals surface area (Å²) in [5.41, 5.74) is 6.85. The molecule has 3 nitrogen and oxygen atoms in total. The lowest BCUT2D eigenvalue weighted by atomic mass is 10.1. The van der Waals surface area contributed by atoms with Gasteiger partial charge in [-0.2, -0.15) is 0 Å². The van der Waals surface area contributed by atoms with E-state index in [0.717, 1.165) is 0 Å². The van der Waals surface area contributed by atoms with Gasteiger partial charge in [0, 0.05) is 17.4 Å². The Morgan fingerprint density at radius 3 is 2.75 bits per heavy atom. The predicted octanol–water partition coefficient (Wildman–Crippen LogP) is 2.55. The van der Waals surface area contributed by atoms with E-state index >= 15 is 0 Å². The van der Waals surface area contributed by atoms with Gasteiger partial charge in [0.25, 0.3) is 0 Å². The largest absolute Gasteiger partial charge is 0.399 e. The normalized spacial score (nSPS) is 10.1. The number of nitrogens with zero attached hydrogens (tertiary/aromatic N) is 1. The fourth-order valence-electron chi connectivity index (χ4n) is 1.35. The van der Waals surface area contributed by atoms with E-state index < -0.39 is 0 Å². The molecule has 80 valence electrons. The summed E-state index contributed by atoms with van der Waals surface area (Å²) in [6, 6.07) is 9.95. The van der Waals surface area contributed by atoms with Crippen molar-refractivity contribution >= 4 is 23.1 Å². The van der Waals surface area contributed by atoms with Gasteiger partial charge in [0.2, 0.25) is 5.78 Å². The average molecular weight is 233 g/mol. The van der Waals surface area contributed by atoms with E-state index in [9.17, 15) is 4.79 Å². The second-order valence-corrected chi connectivity index (χ2v) is 3.69. The van der Waals surface area contributed by atoms with Gasteiger partial charge in [0.15, 0.2) is 0 Å². The maximum absolute atomic E-state index is 12.0. The monoisotopic (exact) mass is 232 g/mol. The first-order valence-electron chi connectivity index (χ1n) is 4.69. The number of halogens is 1. The molecule has 1 aromatic carbocycles. The lowest BCUT2D eigenvalue weighted by Crippen LogP contribution is -2.05. The van der Waals surface area contributed by atoms with Crippen molar-refractivity contribution in [2.45, 2.75) is 0 Å². The van der Waals surface area contributed by atoms with E-state index in [1.54, 1.807) is 42.6 Å². The van der Waals surface area contributed by atoms with Crippen LogP contribution in [-0.4, -0.2) is 10.8 Å². The van der Waals surface area contributed by atoms with E-state index in [4.69, 9.17) is 17.3 Å². The molecule has 1 aromatic heterocycles. The highest BCUT2D eigenvalue weighted by Gasteiger charge is 2.13. The molecule has 16 heavy (non-hydrogen) atoms. The van der Waals surface area contributed by atoms with Crippen molar-refractivity contribution in [1.82, 2.24) is 4.98 Å². The zero-order chi connectivity index (χ0) is 11.5. The molecule has 0 bridgehead atoms. The molecule has 4 heteroatoms. The van der Waals surface area contributed by atoms with Crippen molar-refractivity contribution in [3.63, 3.8) is 0 Å². The highest BCUT2D eigenvalue weighted by atomic mass is 35.5. The Balaban J connectivity index is 2.46. The zero-order valence-electron chi connectivity index (χ0n) is 8.35. The highest BCUT2D eigenvalue weighted by molar-refractivity contribution is 6.35. The number of nitrogens with two attached hydrogens (primary N) is 1. The summed E-state index contributed by atoms with van der Waals surface area (Å²) < 4.78 is 0. The number of carbonyl (C=O) groups is 1. The SMILES string of the molecule is Nc1ccc(Cl)c(C(=O)c2ccccn2)c1. The molecule has 2 aromatic rings. The van der Waals surface area contributed by atoms with Gasteiger partial charge in [-0.05, 0) is 30.3 Å². The molecule has 1 heterocycles. The quantitative estimate of drug-likeness (QED) is 0.640. The van der Waals surface area contributed by atoms with Crippen molar-refractivity contribution in [1.29, 1.82) is 0 Å². The standard InChI is InChI=1S/C12H9ClN2O/c13-10-5-4-8(14)7-9(10)12(16)11-3-1-2-6-15-11/h1-7H,14H2. The number of rotatable bonds is 2. The van der Waals surface area contributed by atoms with Crippen LogP contribution in [0, 0.1) is 0 Å². The molecule has 0 atom stereocenters. The molecule has 0 saturated carbocycles. The third-order valence-corrected chi connectivity index (χ3v) is 2.46. The lowest BCUT2D eigenvalue weighted by molar-refractivity contribution is 0.103. The van der Waals surface area contributed by atoms with E-state index in [0.29, 0.717) is 22.0 Å². The maximum atomic E-state index is 12.0. The molecule has 0 amide bonds. The third-order valence-electron chi connectivity index (χ3n) is 2.13. The Kier molecular flexibility index (Phi) is 2.88. The van der Waals surface area contributed by atoms with Gasteiger partial charge >= 0.3 is 0 Å². The van der Waals surface area contributed by atoms with Gasteiger partial charge in [-0.25, -0.2) is 0 Å². The Bertz CT molecular complexity index is 526. The second kappa shape index (κ2) is 4.33. The molecular weight excluding hydrogens is 224 g/mol. The molecule has 0 aliphatic rings. The molecule has 0 unspecified atom stereocenters. The minimum Gasteiger partial charge on any atom is -0.399 e. The second-order valence-electron chi connectivity index (χ2n) is 3.28. The van der Waals surface area contributed by atoms with Crippen molar-refractivity contribution in [3.05, 3.63) is 58.9 Å². The van der Waals surface area contributed by atoms with Gasteiger partial charge in [0.1, 0.15) is 5.69 Å². The predicted molar refractivity (Wildman–Crippen MR) is 63.5 cm³/mol. The van der Waals surface area contributed by atoms with Gasteiger partial charge in [-0.3, -0.25) is 9.78 Å². The maximum Gasteiger partial charge on any atom is 0.212 e. The minimum absolute atomic E-state index is 0.224. The highest BCUT2D eigenvalue weighted by Crippen LogP contribution is 2.21. The first-order chi connectivity index (χ1) is 7.68. The van der Waals surface area contributed by atoms with Crippen LogP contribution in [0.4, 0.5) is 5.69 Å². The Morgan fingerprint density at radius 2 is 2.06 bits per heavy atom. The smallest absolute Gasteiger partial charge is 0.212 e. The van der Waals surface area contributed by atoms with Crippen LogP contribution < -0.4 is 5.73 Å². The van der Waals surface area contributed by atoms with Crippen LogP contribution in [0.25, 0.3) is 0 Å². The molecule has 2 rings (SSSR count). The number of hydrogen-bond donors (Lipinski definition) is 1. The molecule has 2 N–H and O–H groups in total. The van der Waals surface area contributed by atoms with Crippen LogP contribution in [0.1, 0.15) is 16.1 Å². The van der Waals surface area contributed by atoms with E-state index in [2.05, 4.69) is 4.98 Å². The fraction of sp³-hybridized carbons (Fsp3) is 0. The first-order valence-corrected chi connectivity index (χ1v) is 5.07. The van der Waals surface area contributed by atoms with Crippen LogP contribution in [0.15, 0.2) is 42.6 Å². The fourth-order valence-corrected chi connectivity index (χ4v) is 1.56. The molecular formula is C12H9ClN2O. The number of aromatic nitrogens is 1. The summed E-state index contributed by atoms with van der Waals surface area (Å²) in [5.74, 6) is -0.224. The van der Waals surface area contributed by atoms with Gasteiger partial charge < -0.3 is 5.73 Å². The molecule has 0 saturated heterocycles. The van der Waals surface area contributed by atoms with Crippen LogP contribution in [0.2, 0.25) is 5.02 Å². The van der Waals surface area contributed by atoms with Crippen molar-refractivity contribution in [3.8, 4) is 0 Å². The Hall–Kier alpha value is -1.87. The zero-order valence-corrected chi connectivity index (χ0v) is 9.11. The molecule has 0 spiro atoms. The van der Waals surface area contributed by atoms with Gasteiger partial charge in [-0.15, -0.1) is 0 Å². The number of pyridine rings is 1. The van der Waals surface area contributed by atoms with Crippen LogP contribution in [0.3, 0.4) is 0 Å². The molecule has 0 aliphatic carbocycles. The number of hydrogen-bond acceptors (Lipinski definition) is 3. The third kappa shape index (κ3) is 2.04. The summed E-state index contributed by atoms with van der Waals surface area (Å²) >= 11 is 5.94. The van der Waals surface area contributed by atoms with E-state index in [1.807, 2.05) is 0 Å². The topological polar surface area (TPSA) is 56.0 Å². The molecule has 0 aliphatic heterocycles. The summed E-state index contributed by atoms with van der Waals surface area (Å²) in [5, 5.41) is 0.379. The van der Waals surface area contributed by atoms with Crippen molar-refractivity contribution < 1.29 is 4.79 Å². The van der Waals surface area contributed by atoms with Gasteiger partial charge in [-0.1, -0.05) is 17.7 Å². The number of nitrogen functional groups attached to an aromatic ring is 1. The lowest BCUT2D eigenvalue weighted by Gasteiger charge is -2.03. The number of carbonyl (C=O) groups excluding carboxylic acids is 1. The summed E-state index contributed by atoms with van der Waals surface area (Å²) in [6.07, 6.45) is 1.56. The number of anilines is 1. The van der Waals surface area contributed by atoms with E-state index in [-0.39, 0.29) is 5.78 Å². The average Bonchev–Trinajstić information content (AvgIpc) is 2.32. The van der Waals surface area contributed by atoms with Crippen LogP contribution in [0.5, 0.6) is 0 Å². The Labute approximate surface area is 97.9 Å². The minimum atomic E-state index is -0.224. The van der Waals surface area contributed by atoms with Crippen molar-refractivity contribution in [2.24, 2.45) is 0 Å². The summed E-state index contributed by atoms with van der Waals surface area (Å²) in [4.78, 5) is 16.0. The van der Waals surface area contributed by atoms with Gasteiger partial charge in [0.05, 0.1) is 5.02 Å². The molecule has 0 radical (unpaired) electrons.